The topological polar surface area (TPSA) is 92.7 Å². The number of hydrogen-bond acceptors (Lipinski definition) is 4. The Morgan fingerprint density at radius 2 is 1.65 bits per heavy atom. The number of methoxy groups -OCH3 is 1. The highest BCUT2D eigenvalue weighted by Crippen LogP contribution is 2.00. The molecule has 0 unspecified atom stereocenters. The smallest absolute Gasteiger partial charge is 0.333 e. The SMILES string of the molecule is C=C(C)C(=O)NC(C)(C)C.C=C(CC(=O)O)C(=O)OC. The van der Waals surface area contributed by atoms with Gasteiger partial charge >= 0.3 is 11.9 Å². The van der Waals surface area contributed by atoms with Crippen molar-refractivity contribution >= 4 is 17.8 Å². The summed E-state index contributed by atoms with van der Waals surface area (Å²) in [6, 6.07) is 0. The molecule has 0 aliphatic rings. The first-order valence-corrected chi connectivity index (χ1v) is 5.86. The van der Waals surface area contributed by atoms with Crippen molar-refractivity contribution in [3.63, 3.8) is 0 Å². The number of hydrogen-bond donors (Lipinski definition) is 2. The minimum Gasteiger partial charge on any atom is -0.481 e. The number of carbonyl (C=O) groups is 3. The fourth-order valence-electron chi connectivity index (χ4n) is 0.846. The molecule has 1 amide bonds. The van der Waals surface area contributed by atoms with Crippen LogP contribution in [0.4, 0.5) is 0 Å². The molecule has 0 spiro atoms. The van der Waals surface area contributed by atoms with E-state index in [9.17, 15) is 14.4 Å². The van der Waals surface area contributed by atoms with Crippen LogP contribution in [0.15, 0.2) is 24.3 Å². The Bertz CT molecular complexity index is 404. The lowest BCUT2D eigenvalue weighted by atomic mass is 10.1. The van der Waals surface area contributed by atoms with Crippen molar-refractivity contribution in [2.45, 2.75) is 39.7 Å². The van der Waals surface area contributed by atoms with Crippen LogP contribution < -0.4 is 5.32 Å². The predicted octanol–water partition coefficient (Wildman–Crippen LogP) is 1.67. The number of carbonyl (C=O) groups excluding carboxylic acids is 2. The van der Waals surface area contributed by atoms with Gasteiger partial charge in [0.25, 0.3) is 0 Å². The summed E-state index contributed by atoms with van der Waals surface area (Å²) >= 11 is 0. The summed E-state index contributed by atoms with van der Waals surface area (Å²) in [5, 5.41) is 10.9. The van der Waals surface area contributed by atoms with E-state index in [1.807, 2.05) is 20.8 Å². The minimum absolute atomic E-state index is 0.0463. The summed E-state index contributed by atoms with van der Waals surface area (Å²) in [7, 11) is 1.18. The summed E-state index contributed by atoms with van der Waals surface area (Å²) in [5.41, 5.74) is 0.348. The van der Waals surface area contributed by atoms with E-state index in [1.165, 1.54) is 7.11 Å². The van der Waals surface area contributed by atoms with Gasteiger partial charge in [0.2, 0.25) is 5.91 Å². The number of amides is 1. The van der Waals surface area contributed by atoms with Crippen LogP contribution >= 0.6 is 0 Å². The number of aliphatic carboxylic acids is 1. The van der Waals surface area contributed by atoms with E-state index in [0.29, 0.717) is 5.57 Å². The van der Waals surface area contributed by atoms with E-state index < -0.39 is 11.9 Å². The molecular weight excluding hydrogens is 262 g/mol. The summed E-state index contributed by atoms with van der Waals surface area (Å²) in [6.45, 7) is 14.2. The molecule has 0 aromatic heterocycles. The molecule has 0 aliphatic heterocycles. The fraction of sp³-hybridized carbons (Fsp3) is 0.500. The van der Waals surface area contributed by atoms with Gasteiger partial charge in [-0.2, -0.15) is 0 Å². The van der Waals surface area contributed by atoms with Gasteiger partial charge in [-0.15, -0.1) is 0 Å². The molecule has 0 aromatic rings. The van der Waals surface area contributed by atoms with Gasteiger partial charge in [-0.1, -0.05) is 13.2 Å². The maximum Gasteiger partial charge on any atom is 0.333 e. The van der Waals surface area contributed by atoms with Crippen molar-refractivity contribution in [2.75, 3.05) is 7.11 Å². The number of nitrogens with one attached hydrogen (secondary N) is 1. The van der Waals surface area contributed by atoms with E-state index in [4.69, 9.17) is 5.11 Å². The normalized spacial score (nSPS) is 9.65. The van der Waals surface area contributed by atoms with E-state index in [-0.39, 0.29) is 23.4 Å². The Hall–Kier alpha value is -2.11. The number of carboxylic acid groups (broad SMARTS) is 1. The first-order valence-electron chi connectivity index (χ1n) is 5.86. The number of rotatable bonds is 4. The molecule has 0 aromatic carbocycles. The van der Waals surface area contributed by atoms with Gasteiger partial charge in [0.1, 0.15) is 0 Å². The molecule has 6 heteroatoms. The Morgan fingerprint density at radius 3 is 1.85 bits per heavy atom. The standard InChI is InChI=1S/C8H15NO.C6H8O4/c1-6(2)7(10)9-8(3,4)5;1-4(3-5(7)8)6(9)10-2/h1H2,2-5H3,(H,9,10);1,3H2,2H3,(H,7,8). The molecule has 0 saturated carbocycles. The molecule has 0 rings (SSSR count). The maximum absolute atomic E-state index is 10.9. The average molecular weight is 285 g/mol. The van der Waals surface area contributed by atoms with Gasteiger partial charge in [0.05, 0.1) is 13.5 Å². The molecule has 0 radical (unpaired) electrons. The summed E-state index contributed by atoms with van der Waals surface area (Å²) < 4.78 is 4.21. The van der Waals surface area contributed by atoms with Crippen molar-refractivity contribution in [2.24, 2.45) is 0 Å². The molecule has 114 valence electrons. The van der Waals surface area contributed by atoms with E-state index >= 15 is 0 Å². The number of carboxylic acids is 1. The third-order valence-electron chi connectivity index (χ3n) is 1.71. The molecule has 20 heavy (non-hydrogen) atoms. The first-order chi connectivity index (χ1) is 8.90. The molecule has 0 atom stereocenters. The molecule has 0 fully saturated rings. The zero-order chi connectivity index (χ0) is 16.5. The minimum atomic E-state index is -1.09. The van der Waals surface area contributed by atoms with Crippen LogP contribution in [0, 0.1) is 0 Å². The van der Waals surface area contributed by atoms with Crippen molar-refractivity contribution < 1.29 is 24.2 Å². The van der Waals surface area contributed by atoms with Crippen molar-refractivity contribution in [1.82, 2.24) is 5.32 Å². The molecule has 0 aliphatic carbocycles. The van der Waals surface area contributed by atoms with Gasteiger partial charge in [0.15, 0.2) is 0 Å². The van der Waals surface area contributed by atoms with E-state index in [2.05, 4.69) is 23.2 Å². The number of esters is 1. The number of ether oxygens (including phenoxy) is 1. The lowest BCUT2D eigenvalue weighted by Crippen LogP contribution is -2.40. The van der Waals surface area contributed by atoms with Crippen molar-refractivity contribution in [3.8, 4) is 0 Å². The molecule has 6 nitrogen and oxygen atoms in total. The van der Waals surface area contributed by atoms with Crippen LogP contribution in [0.3, 0.4) is 0 Å². The molecule has 0 bridgehead atoms. The van der Waals surface area contributed by atoms with Crippen LogP contribution in [-0.4, -0.2) is 35.6 Å². The van der Waals surface area contributed by atoms with Crippen LogP contribution in [0.25, 0.3) is 0 Å². The van der Waals surface area contributed by atoms with Gasteiger partial charge in [-0.25, -0.2) is 4.79 Å². The second-order valence-corrected chi connectivity index (χ2v) is 5.15. The van der Waals surface area contributed by atoms with Crippen LogP contribution in [0.5, 0.6) is 0 Å². The lowest BCUT2D eigenvalue weighted by molar-refractivity contribution is -0.141. The predicted molar refractivity (Wildman–Crippen MR) is 76.1 cm³/mol. The molecule has 0 saturated heterocycles. The Kier molecular flexibility index (Phi) is 8.99. The van der Waals surface area contributed by atoms with Crippen LogP contribution in [0.2, 0.25) is 0 Å². The lowest BCUT2D eigenvalue weighted by Gasteiger charge is -2.20. The Morgan fingerprint density at radius 1 is 1.20 bits per heavy atom. The second-order valence-electron chi connectivity index (χ2n) is 5.15. The zero-order valence-electron chi connectivity index (χ0n) is 12.7. The molecule has 2 N–H and O–H groups in total. The zero-order valence-corrected chi connectivity index (χ0v) is 12.7. The first kappa shape index (κ1) is 20.2. The van der Waals surface area contributed by atoms with Crippen molar-refractivity contribution in [1.29, 1.82) is 0 Å². The average Bonchev–Trinajstić information content (AvgIpc) is 2.25. The summed E-state index contributed by atoms with van der Waals surface area (Å²) in [5.74, 6) is -1.84. The van der Waals surface area contributed by atoms with Gasteiger partial charge in [-0.3, -0.25) is 9.59 Å². The fourth-order valence-corrected chi connectivity index (χ4v) is 0.846. The largest absolute Gasteiger partial charge is 0.481 e. The highest BCUT2D eigenvalue weighted by atomic mass is 16.5. The third-order valence-corrected chi connectivity index (χ3v) is 1.71. The van der Waals surface area contributed by atoms with Crippen molar-refractivity contribution in [3.05, 3.63) is 24.3 Å². The third kappa shape index (κ3) is 12.3. The molecule has 0 heterocycles. The Balaban J connectivity index is 0. The molecular formula is C14H23NO5. The van der Waals surface area contributed by atoms with Gasteiger partial charge in [0, 0.05) is 16.7 Å². The summed E-state index contributed by atoms with van der Waals surface area (Å²) in [6.07, 6.45) is -0.368. The maximum atomic E-state index is 10.9. The highest BCUT2D eigenvalue weighted by molar-refractivity contribution is 5.93. The van der Waals surface area contributed by atoms with E-state index in [0.717, 1.165) is 0 Å². The second kappa shape index (κ2) is 8.90. The quantitative estimate of drug-likeness (QED) is 0.605. The highest BCUT2D eigenvalue weighted by Gasteiger charge is 2.13. The van der Waals surface area contributed by atoms with Gasteiger partial charge < -0.3 is 15.2 Å². The van der Waals surface area contributed by atoms with E-state index in [1.54, 1.807) is 6.92 Å². The van der Waals surface area contributed by atoms with Crippen LogP contribution in [-0.2, 0) is 19.1 Å². The monoisotopic (exact) mass is 285 g/mol. The van der Waals surface area contributed by atoms with Gasteiger partial charge in [-0.05, 0) is 27.7 Å². The Labute approximate surface area is 119 Å². The summed E-state index contributed by atoms with van der Waals surface area (Å²) in [4.78, 5) is 31.4. The van der Waals surface area contributed by atoms with Crippen LogP contribution in [0.1, 0.15) is 34.1 Å².